The molecule has 2 amide bonds. The molecule has 3 aromatic rings. The maximum absolute atomic E-state index is 13.8. The topological polar surface area (TPSA) is 116 Å². The van der Waals surface area contributed by atoms with Gasteiger partial charge in [-0.3, -0.25) is 9.59 Å². The molecule has 1 unspecified atom stereocenters. The van der Waals surface area contributed by atoms with Crippen molar-refractivity contribution in [2.75, 3.05) is 37.9 Å². The molecule has 1 aromatic heterocycles. The van der Waals surface area contributed by atoms with Crippen LogP contribution in [0.4, 0.5) is 5.88 Å². The Balaban J connectivity index is 1.60. The molecule has 0 saturated carbocycles. The van der Waals surface area contributed by atoms with E-state index in [9.17, 15) is 18.0 Å². The van der Waals surface area contributed by atoms with E-state index in [2.05, 4.69) is 21.8 Å². The molecule has 1 atom stereocenters. The van der Waals surface area contributed by atoms with Gasteiger partial charge in [-0.05, 0) is 50.4 Å². The molecule has 2 aromatic carbocycles. The first-order valence-corrected chi connectivity index (χ1v) is 16.8. The van der Waals surface area contributed by atoms with Gasteiger partial charge in [0.1, 0.15) is 6.04 Å². The molecule has 10 nitrogen and oxygen atoms in total. The predicted octanol–water partition coefficient (Wildman–Crippen LogP) is 5.08. The van der Waals surface area contributed by atoms with Crippen LogP contribution in [-0.4, -0.2) is 79.4 Å². The van der Waals surface area contributed by atoms with E-state index in [0.717, 1.165) is 31.5 Å². The van der Waals surface area contributed by atoms with Crippen LogP contribution in [0.3, 0.4) is 0 Å². The molecule has 44 heavy (non-hydrogen) atoms. The zero-order chi connectivity index (χ0) is 32.0. The van der Waals surface area contributed by atoms with Crippen LogP contribution in [0.1, 0.15) is 56.9 Å². The van der Waals surface area contributed by atoms with Gasteiger partial charge in [0.25, 0.3) is 10.0 Å². The number of aryl methyl sites for hydroxylation is 1. The Bertz CT molecular complexity index is 1540. The quantitative estimate of drug-likeness (QED) is 0.299. The molecule has 0 spiro atoms. The van der Waals surface area contributed by atoms with Crippen molar-refractivity contribution in [3.63, 3.8) is 0 Å². The highest BCUT2D eigenvalue weighted by Crippen LogP contribution is 2.31. The van der Waals surface area contributed by atoms with Crippen molar-refractivity contribution in [3.8, 4) is 11.1 Å². The Morgan fingerprint density at radius 2 is 1.68 bits per heavy atom. The first-order valence-electron chi connectivity index (χ1n) is 15.3. The number of unbranched alkanes of at least 4 members (excludes halogenated alkanes) is 1. The number of nitrogens with zero attached hydrogens (tertiary/aromatic N) is 4. The summed E-state index contributed by atoms with van der Waals surface area (Å²) >= 11 is 0. The number of aromatic nitrogens is 1. The summed E-state index contributed by atoms with van der Waals surface area (Å²) in [5.41, 5.74) is 3.33. The van der Waals surface area contributed by atoms with Crippen LogP contribution >= 0.6 is 0 Å². The third-order valence-electron chi connectivity index (χ3n) is 8.28. The van der Waals surface area contributed by atoms with Crippen molar-refractivity contribution >= 4 is 27.7 Å². The van der Waals surface area contributed by atoms with E-state index >= 15 is 0 Å². The van der Waals surface area contributed by atoms with Crippen molar-refractivity contribution < 1.29 is 22.5 Å². The number of hydrogen-bond donors (Lipinski definition) is 1. The second kappa shape index (κ2) is 14.4. The highest BCUT2D eigenvalue weighted by atomic mass is 32.2. The Morgan fingerprint density at radius 3 is 2.27 bits per heavy atom. The van der Waals surface area contributed by atoms with Crippen LogP contribution in [0.25, 0.3) is 11.1 Å². The number of carbonyl (C=O) groups is 2. The molecular formula is C33H45N5O5S. The number of carbonyl (C=O) groups excluding carboxylic acids is 2. The lowest BCUT2D eigenvalue weighted by Crippen LogP contribution is -2.57. The number of sulfonamides is 1. The fraction of sp³-hybridized carbons (Fsp3) is 0.485. The van der Waals surface area contributed by atoms with Crippen molar-refractivity contribution in [3.05, 3.63) is 65.4 Å². The Kier molecular flexibility index (Phi) is 10.9. The van der Waals surface area contributed by atoms with Crippen molar-refractivity contribution in [1.82, 2.24) is 19.9 Å². The largest absolute Gasteiger partial charge is 0.338 e. The van der Waals surface area contributed by atoms with E-state index in [4.69, 9.17) is 4.52 Å². The molecule has 1 N–H and O–H groups in total. The van der Waals surface area contributed by atoms with Gasteiger partial charge in [0.05, 0.1) is 10.6 Å². The highest BCUT2D eigenvalue weighted by molar-refractivity contribution is 7.92. The van der Waals surface area contributed by atoms with E-state index in [1.165, 1.54) is 0 Å². The zero-order valence-electron chi connectivity index (χ0n) is 26.7. The molecule has 238 valence electrons. The number of nitrogens with one attached hydrogen (secondary N) is 1. The second-order valence-corrected chi connectivity index (χ2v) is 13.6. The lowest BCUT2D eigenvalue weighted by Gasteiger charge is -2.40. The molecule has 0 bridgehead atoms. The van der Waals surface area contributed by atoms with Gasteiger partial charge in [-0.25, -0.2) is 13.1 Å². The van der Waals surface area contributed by atoms with Gasteiger partial charge < -0.3 is 19.2 Å². The molecule has 11 heteroatoms. The molecule has 4 rings (SSSR count). The Hall–Kier alpha value is -3.70. The summed E-state index contributed by atoms with van der Waals surface area (Å²) in [7, 11) is -1.93. The first-order chi connectivity index (χ1) is 20.9. The van der Waals surface area contributed by atoms with E-state index in [0.29, 0.717) is 41.9 Å². The summed E-state index contributed by atoms with van der Waals surface area (Å²) in [6.45, 7) is 12.7. The number of anilines is 1. The number of amides is 2. The predicted molar refractivity (Wildman–Crippen MR) is 171 cm³/mol. The van der Waals surface area contributed by atoms with Gasteiger partial charge in [-0.1, -0.05) is 74.8 Å². The summed E-state index contributed by atoms with van der Waals surface area (Å²) in [5.74, 6) is -0.00404. The maximum Gasteiger partial charge on any atom is 0.264 e. The van der Waals surface area contributed by atoms with Crippen molar-refractivity contribution in [2.24, 2.45) is 5.92 Å². The standard InChI is InChI=1S/C33H45N5O5S/c1-7-8-13-30(39)38(31(23(2)3)33(40)37-20-18-36(6)19-21-37)22-26-14-16-27(17-15-26)28-11-9-10-12-29(28)44(41,42)35-32-24(4)25(5)34-43-32/h9-12,14-17,23,31,35H,7-8,13,18-22H2,1-6H3. The Labute approximate surface area is 261 Å². The molecule has 0 radical (unpaired) electrons. The zero-order valence-corrected chi connectivity index (χ0v) is 27.5. The minimum Gasteiger partial charge on any atom is -0.338 e. The summed E-state index contributed by atoms with van der Waals surface area (Å²) in [4.78, 5) is 33.3. The van der Waals surface area contributed by atoms with Gasteiger partial charge >= 0.3 is 0 Å². The minimum absolute atomic E-state index is 0.00149. The van der Waals surface area contributed by atoms with Crippen LogP contribution < -0.4 is 4.72 Å². The molecule has 1 fully saturated rings. The van der Waals surface area contributed by atoms with E-state index < -0.39 is 16.1 Å². The SMILES string of the molecule is CCCCC(=O)N(Cc1ccc(-c2ccccc2S(=O)(=O)Nc2onc(C)c2C)cc1)C(C(=O)N1CCN(C)CC1)C(C)C. The van der Waals surface area contributed by atoms with Gasteiger partial charge in [0.15, 0.2) is 0 Å². The van der Waals surface area contributed by atoms with E-state index in [1.54, 1.807) is 43.0 Å². The number of hydrogen-bond acceptors (Lipinski definition) is 7. The average Bonchev–Trinajstić information content (AvgIpc) is 3.31. The molecule has 1 aliphatic heterocycles. The van der Waals surface area contributed by atoms with Gasteiger partial charge in [-0.2, -0.15) is 0 Å². The second-order valence-electron chi connectivity index (χ2n) is 12.0. The molecular weight excluding hydrogens is 578 g/mol. The number of piperazine rings is 1. The van der Waals surface area contributed by atoms with Gasteiger partial charge in [0, 0.05) is 50.3 Å². The number of rotatable bonds is 12. The van der Waals surface area contributed by atoms with Crippen molar-refractivity contribution in [2.45, 2.75) is 71.4 Å². The summed E-state index contributed by atoms with van der Waals surface area (Å²) in [5, 5.41) is 3.84. The fourth-order valence-corrected chi connectivity index (χ4v) is 6.70. The van der Waals surface area contributed by atoms with Crippen molar-refractivity contribution in [1.29, 1.82) is 0 Å². The molecule has 1 saturated heterocycles. The van der Waals surface area contributed by atoms with Gasteiger partial charge in [0.2, 0.25) is 17.7 Å². The normalized spacial score (nSPS) is 14.9. The van der Waals surface area contributed by atoms with Crippen LogP contribution in [0.5, 0.6) is 0 Å². The monoisotopic (exact) mass is 623 g/mol. The number of likely N-dealkylation sites (N-methyl/N-ethyl adjacent to an activating group) is 1. The molecule has 0 aliphatic carbocycles. The number of benzene rings is 2. The summed E-state index contributed by atoms with van der Waals surface area (Å²) < 4.78 is 34.5. The molecule has 2 heterocycles. The van der Waals surface area contributed by atoms with Crippen LogP contribution in [-0.2, 0) is 26.2 Å². The van der Waals surface area contributed by atoms with Crippen LogP contribution in [0, 0.1) is 19.8 Å². The van der Waals surface area contributed by atoms with Gasteiger partial charge in [-0.15, -0.1) is 0 Å². The third kappa shape index (κ3) is 7.68. The van der Waals surface area contributed by atoms with Crippen LogP contribution in [0.15, 0.2) is 57.9 Å². The lowest BCUT2D eigenvalue weighted by atomic mass is 9.98. The van der Waals surface area contributed by atoms with Crippen LogP contribution in [0.2, 0.25) is 0 Å². The Morgan fingerprint density at radius 1 is 1.02 bits per heavy atom. The smallest absolute Gasteiger partial charge is 0.264 e. The summed E-state index contributed by atoms with van der Waals surface area (Å²) in [6, 6.07) is 13.7. The van der Waals surface area contributed by atoms with E-state index in [1.807, 2.05) is 49.9 Å². The molecule has 1 aliphatic rings. The first kappa shape index (κ1) is 33.2. The minimum atomic E-state index is -3.98. The fourth-order valence-electron chi connectivity index (χ4n) is 5.42. The average molecular weight is 624 g/mol. The van der Waals surface area contributed by atoms with E-state index in [-0.39, 0.29) is 35.1 Å². The lowest BCUT2D eigenvalue weighted by molar-refractivity contribution is -0.149. The third-order valence-corrected chi connectivity index (χ3v) is 9.67. The maximum atomic E-state index is 13.8. The summed E-state index contributed by atoms with van der Waals surface area (Å²) in [6.07, 6.45) is 2.03. The highest BCUT2D eigenvalue weighted by Gasteiger charge is 2.36.